The van der Waals surface area contributed by atoms with Crippen molar-refractivity contribution in [1.29, 1.82) is 0 Å². The Balaban J connectivity index is 0.00000256. The molecule has 1 aliphatic rings. The van der Waals surface area contributed by atoms with Crippen LogP contribution in [0.25, 0.3) is 0 Å². The van der Waals surface area contributed by atoms with Crippen LogP contribution >= 0.6 is 0 Å². The van der Waals surface area contributed by atoms with E-state index in [1.165, 1.54) is 58.4 Å². The first-order valence-electron chi connectivity index (χ1n) is 16.1. The molecular formula is C42H49Cl3SiTi. The molecule has 246 valence electrons. The third kappa shape index (κ3) is 8.67. The number of rotatable bonds is 6. The van der Waals surface area contributed by atoms with Crippen molar-refractivity contribution in [2.75, 3.05) is 0 Å². The molecule has 4 aromatic rings. The molecule has 1 aliphatic carbocycles. The zero-order valence-electron chi connectivity index (χ0n) is 29.7. The van der Waals surface area contributed by atoms with Crippen LogP contribution < -0.4 is 52.8 Å². The molecule has 0 radical (unpaired) electrons. The van der Waals surface area contributed by atoms with Gasteiger partial charge < -0.3 is 37.2 Å². The Morgan fingerprint density at radius 3 is 1.38 bits per heavy atom. The van der Waals surface area contributed by atoms with E-state index in [1.807, 2.05) is 0 Å². The number of halogens is 3. The molecule has 47 heavy (non-hydrogen) atoms. The zero-order chi connectivity index (χ0) is 32.0. The first kappa shape index (κ1) is 41.3. The van der Waals surface area contributed by atoms with Gasteiger partial charge in [-0.2, -0.15) is 0 Å². The summed E-state index contributed by atoms with van der Waals surface area (Å²) < 4.78 is 1.51. The maximum atomic E-state index is 2.62. The Morgan fingerprint density at radius 1 is 0.574 bits per heavy atom. The molecule has 0 spiro atoms. The fourth-order valence-electron chi connectivity index (χ4n) is 7.05. The zero-order valence-corrected chi connectivity index (χ0v) is 34.5. The predicted octanol–water partition coefficient (Wildman–Crippen LogP) is -0.0896. The fraction of sp³-hybridized carbons (Fsp3) is 0.333. The smallest absolute Gasteiger partial charge is 1.00 e. The average molecular weight is 736 g/mol. The van der Waals surface area contributed by atoms with Crippen LogP contribution in [-0.4, -0.2) is 8.07 Å². The standard InChI is InChI=1S/C42H49Si.3ClH.Ti/c1-29-19-30(2)22-37(21-29)43(38-23-31(3)20-32(4)24-38,40-18-14-17-34(40)25-33-15-12-11-13-16-33)39-27-35(41(5,6)7)26-36(28-39)42(8,9)10;;;;/h11-13,15-16,18-24,26-28H,14,25H2,1-10H3;3*1H;/q;;;;+3/p-3. The second kappa shape index (κ2) is 15.8. The molecule has 0 aromatic heterocycles. The van der Waals surface area contributed by atoms with E-state index in [2.05, 4.69) is 181 Å². The third-order valence-corrected chi connectivity index (χ3v) is 14.8. The van der Waals surface area contributed by atoms with Crippen molar-refractivity contribution in [3.63, 3.8) is 0 Å². The molecule has 0 heterocycles. The van der Waals surface area contributed by atoms with Crippen molar-refractivity contribution in [2.24, 2.45) is 0 Å². The second-order valence-corrected chi connectivity index (χ2v) is 20.0. The van der Waals surface area contributed by atoms with Crippen molar-refractivity contribution < 1.29 is 57.7 Å². The number of aryl methyl sites for hydroxylation is 4. The van der Waals surface area contributed by atoms with Gasteiger partial charge in [0.2, 0.25) is 0 Å². The van der Waals surface area contributed by atoms with Crippen molar-refractivity contribution in [2.45, 2.75) is 92.9 Å². The molecule has 0 saturated carbocycles. The van der Waals surface area contributed by atoms with Gasteiger partial charge in [-0.25, -0.2) is 0 Å². The van der Waals surface area contributed by atoms with Gasteiger partial charge in [0.1, 0.15) is 0 Å². The van der Waals surface area contributed by atoms with Gasteiger partial charge in [-0.3, -0.25) is 0 Å². The summed E-state index contributed by atoms with van der Waals surface area (Å²) in [6.45, 7) is 23.3. The summed E-state index contributed by atoms with van der Waals surface area (Å²) in [7, 11) is -2.79. The third-order valence-electron chi connectivity index (χ3n) is 9.23. The van der Waals surface area contributed by atoms with E-state index < -0.39 is 8.07 Å². The van der Waals surface area contributed by atoms with E-state index in [0.717, 1.165) is 12.8 Å². The Bertz CT molecular complexity index is 1650. The van der Waals surface area contributed by atoms with Crippen LogP contribution in [0, 0.1) is 27.7 Å². The summed E-state index contributed by atoms with van der Waals surface area (Å²) in [6, 6.07) is 33.5. The number of hydrogen-bond acceptors (Lipinski definition) is 0. The maximum absolute atomic E-state index is 2.79. The van der Waals surface area contributed by atoms with Gasteiger partial charge in [-0.15, -0.1) is 0 Å². The van der Waals surface area contributed by atoms with Gasteiger partial charge >= 0.3 is 282 Å². The first-order valence-corrected chi connectivity index (χ1v) is 18.9. The first-order chi connectivity index (χ1) is 20.6. The summed E-state index contributed by atoms with van der Waals surface area (Å²) in [4.78, 5) is 0. The molecule has 0 nitrogen and oxygen atoms in total. The molecule has 0 bridgehead atoms. The Morgan fingerprint density at radius 2 is 0.979 bits per heavy atom. The van der Waals surface area contributed by atoms with Gasteiger partial charge in [-0.05, 0) is 0 Å². The molecule has 5 heteroatoms. The van der Waals surface area contributed by atoms with Crippen LogP contribution in [-0.2, 0) is 37.7 Å². The predicted molar refractivity (Wildman–Crippen MR) is 190 cm³/mol. The van der Waals surface area contributed by atoms with Crippen LogP contribution in [0.2, 0.25) is 0 Å². The van der Waals surface area contributed by atoms with E-state index in [9.17, 15) is 0 Å². The average Bonchev–Trinajstić information content (AvgIpc) is 3.27. The minimum atomic E-state index is -2.79. The fourth-order valence-corrected chi connectivity index (χ4v) is 13.3. The molecule has 0 atom stereocenters. The van der Waals surface area contributed by atoms with Gasteiger partial charge in [0.15, 0.2) is 0 Å². The van der Waals surface area contributed by atoms with Crippen molar-refractivity contribution in [1.82, 2.24) is 0 Å². The van der Waals surface area contributed by atoms with E-state index in [0.29, 0.717) is 0 Å². The maximum Gasteiger partial charge on any atom is -1.00 e. The molecule has 0 aliphatic heterocycles. The Kier molecular flexibility index (Phi) is 13.9. The van der Waals surface area contributed by atoms with Gasteiger partial charge in [0.25, 0.3) is 0 Å². The summed E-state index contributed by atoms with van der Waals surface area (Å²) >= 11 is 2.37. The van der Waals surface area contributed by atoms with Crippen LogP contribution in [0.15, 0.2) is 106 Å². The largest absolute Gasteiger partial charge is 1.00 e. The number of hydrogen-bond donors (Lipinski definition) is 0. The molecule has 0 unspecified atom stereocenters. The van der Waals surface area contributed by atoms with Gasteiger partial charge in [-0.1, -0.05) is 0 Å². The van der Waals surface area contributed by atoms with E-state index in [4.69, 9.17) is 0 Å². The molecule has 0 N–H and O–H groups in total. The van der Waals surface area contributed by atoms with Gasteiger partial charge in [0, 0.05) is 0 Å². The Hall–Kier alpha value is -1.84. The second-order valence-electron chi connectivity index (χ2n) is 15.2. The minimum absolute atomic E-state index is 0. The summed E-state index contributed by atoms with van der Waals surface area (Å²) in [6.07, 6.45) is 4.61. The van der Waals surface area contributed by atoms with E-state index >= 15 is 0 Å². The van der Waals surface area contributed by atoms with Crippen LogP contribution in [0.5, 0.6) is 0 Å². The van der Waals surface area contributed by atoms with Crippen molar-refractivity contribution >= 4 is 23.6 Å². The molecule has 0 saturated heterocycles. The SMILES string of the molecule is Cc1cc(C)cc([Si](C2=CC[C]([Ti+3])=C2Cc2ccccc2)(c2cc(C)cc(C)c2)c2cc(C(C)(C)C)cc(C(C)(C)C)c2)c1.[Cl-].[Cl-].[Cl-]. The summed E-state index contributed by atoms with van der Waals surface area (Å²) in [5, 5.41) is 6.09. The van der Waals surface area contributed by atoms with Crippen LogP contribution in [0.1, 0.15) is 86.9 Å². The topological polar surface area (TPSA) is 0 Å². The normalized spacial score (nSPS) is 13.4. The van der Waals surface area contributed by atoms with Crippen molar-refractivity contribution in [3.05, 3.63) is 145 Å². The van der Waals surface area contributed by atoms with E-state index in [1.54, 1.807) is 10.8 Å². The minimum Gasteiger partial charge on any atom is -1.00 e. The van der Waals surface area contributed by atoms with Crippen LogP contribution in [0.4, 0.5) is 0 Å². The summed E-state index contributed by atoms with van der Waals surface area (Å²) in [5.41, 5.74) is 11.2. The monoisotopic (exact) mass is 734 g/mol. The number of allylic oxidation sites excluding steroid dienone is 4. The molecule has 0 fully saturated rings. The quantitative estimate of drug-likeness (QED) is 0.192. The summed E-state index contributed by atoms with van der Waals surface area (Å²) in [5.74, 6) is 0. The van der Waals surface area contributed by atoms with E-state index in [-0.39, 0.29) is 48.1 Å². The molecule has 4 aromatic carbocycles. The van der Waals surface area contributed by atoms with Crippen LogP contribution in [0.3, 0.4) is 0 Å². The Labute approximate surface area is 316 Å². The van der Waals surface area contributed by atoms with Gasteiger partial charge in [0.05, 0.1) is 0 Å². The van der Waals surface area contributed by atoms with Crippen molar-refractivity contribution in [3.8, 4) is 0 Å². The molecular weight excluding hydrogens is 687 g/mol. The number of benzene rings is 4. The molecule has 5 rings (SSSR count). The molecule has 0 amide bonds.